The molecule has 0 spiro atoms. The lowest BCUT2D eigenvalue weighted by Crippen LogP contribution is -2.50. The molecule has 150 valence electrons. The molecule has 0 aromatic heterocycles. The second-order valence-electron chi connectivity index (χ2n) is 6.64. The van der Waals surface area contributed by atoms with Gasteiger partial charge in [0, 0.05) is 39.8 Å². The van der Waals surface area contributed by atoms with E-state index in [1.54, 1.807) is 7.05 Å². The van der Waals surface area contributed by atoms with Crippen molar-refractivity contribution >= 4 is 35.9 Å². The number of rotatable bonds is 5. The highest BCUT2D eigenvalue weighted by Gasteiger charge is 2.41. The fourth-order valence-electron chi connectivity index (χ4n) is 3.66. The quantitative estimate of drug-likeness (QED) is 0.292. The summed E-state index contributed by atoms with van der Waals surface area (Å²) in [5.41, 5.74) is 1.33. The molecule has 8 heteroatoms. The van der Waals surface area contributed by atoms with E-state index in [1.165, 1.54) is 12.7 Å². The van der Waals surface area contributed by atoms with Gasteiger partial charge >= 0.3 is 5.97 Å². The second kappa shape index (κ2) is 10.8. The van der Waals surface area contributed by atoms with Crippen molar-refractivity contribution in [3.05, 3.63) is 35.9 Å². The SMILES string of the molecule is CN=C(NCCC(=O)OC)N1CC2OCCN(Cc3ccccc3)C2C1.I. The van der Waals surface area contributed by atoms with E-state index in [9.17, 15) is 4.79 Å². The van der Waals surface area contributed by atoms with E-state index in [-0.39, 0.29) is 36.0 Å². The number of guanidine groups is 1. The number of hydrogen-bond donors (Lipinski definition) is 1. The fraction of sp³-hybridized carbons (Fsp3) is 0.579. The van der Waals surface area contributed by atoms with Gasteiger partial charge in [0.15, 0.2) is 5.96 Å². The summed E-state index contributed by atoms with van der Waals surface area (Å²) in [5, 5.41) is 3.25. The number of nitrogens with one attached hydrogen (secondary N) is 1. The molecule has 2 aliphatic heterocycles. The maximum absolute atomic E-state index is 11.3. The van der Waals surface area contributed by atoms with Crippen molar-refractivity contribution in [1.29, 1.82) is 0 Å². The molecule has 1 aromatic rings. The van der Waals surface area contributed by atoms with E-state index < -0.39 is 0 Å². The van der Waals surface area contributed by atoms with Gasteiger partial charge in [-0.25, -0.2) is 0 Å². The molecule has 0 amide bonds. The van der Waals surface area contributed by atoms with Crippen molar-refractivity contribution in [3.8, 4) is 0 Å². The van der Waals surface area contributed by atoms with Gasteiger partial charge in [-0.3, -0.25) is 14.7 Å². The average Bonchev–Trinajstić information content (AvgIpc) is 3.11. The number of aliphatic imine (C=N–C) groups is 1. The Balaban J connectivity index is 0.00000261. The zero-order valence-electron chi connectivity index (χ0n) is 16.0. The van der Waals surface area contributed by atoms with Crippen molar-refractivity contribution in [1.82, 2.24) is 15.1 Å². The number of benzene rings is 1. The van der Waals surface area contributed by atoms with Gasteiger partial charge < -0.3 is 19.7 Å². The third-order valence-corrected chi connectivity index (χ3v) is 5.00. The minimum atomic E-state index is -0.222. The zero-order chi connectivity index (χ0) is 18.4. The van der Waals surface area contributed by atoms with E-state index in [1.807, 2.05) is 6.07 Å². The van der Waals surface area contributed by atoms with E-state index >= 15 is 0 Å². The van der Waals surface area contributed by atoms with Crippen molar-refractivity contribution in [2.75, 3.05) is 46.9 Å². The summed E-state index contributed by atoms with van der Waals surface area (Å²) < 4.78 is 10.7. The molecule has 0 saturated carbocycles. The topological polar surface area (TPSA) is 66.4 Å². The number of carbonyl (C=O) groups is 1. The number of nitrogens with zero attached hydrogens (tertiary/aromatic N) is 3. The molecule has 7 nitrogen and oxygen atoms in total. The lowest BCUT2D eigenvalue weighted by Gasteiger charge is -2.36. The number of fused-ring (bicyclic) bond motifs is 1. The lowest BCUT2D eigenvalue weighted by atomic mass is 10.1. The molecular weight excluding hydrogens is 459 g/mol. The number of methoxy groups -OCH3 is 1. The predicted molar refractivity (Wildman–Crippen MR) is 115 cm³/mol. The van der Waals surface area contributed by atoms with Gasteiger partial charge in [0.25, 0.3) is 0 Å². The van der Waals surface area contributed by atoms with Crippen LogP contribution in [-0.2, 0) is 20.8 Å². The summed E-state index contributed by atoms with van der Waals surface area (Å²) in [6, 6.07) is 10.9. The normalized spacial score (nSPS) is 22.7. The summed E-state index contributed by atoms with van der Waals surface area (Å²) in [6.45, 7) is 4.84. The van der Waals surface area contributed by atoms with Crippen LogP contribution in [0.15, 0.2) is 35.3 Å². The van der Waals surface area contributed by atoms with Gasteiger partial charge in [0.05, 0.1) is 32.3 Å². The molecule has 0 bridgehead atoms. The number of esters is 1. The zero-order valence-corrected chi connectivity index (χ0v) is 18.3. The van der Waals surface area contributed by atoms with Crippen molar-refractivity contribution < 1.29 is 14.3 Å². The molecule has 2 heterocycles. The average molecular weight is 488 g/mol. The highest BCUT2D eigenvalue weighted by molar-refractivity contribution is 14.0. The Morgan fingerprint density at radius 2 is 2.11 bits per heavy atom. The van der Waals surface area contributed by atoms with Crippen LogP contribution in [0.1, 0.15) is 12.0 Å². The Bertz CT molecular complexity index is 629. The number of carbonyl (C=O) groups excluding carboxylic acids is 1. The van der Waals surface area contributed by atoms with Crippen molar-refractivity contribution in [2.45, 2.75) is 25.1 Å². The van der Waals surface area contributed by atoms with Crippen LogP contribution in [0, 0.1) is 0 Å². The van der Waals surface area contributed by atoms with Crippen LogP contribution < -0.4 is 5.32 Å². The highest BCUT2D eigenvalue weighted by atomic mass is 127. The largest absolute Gasteiger partial charge is 0.469 e. The maximum Gasteiger partial charge on any atom is 0.307 e. The molecule has 27 heavy (non-hydrogen) atoms. The number of ether oxygens (including phenoxy) is 2. The van der Waals surface area contributed by atoms with Crippen LogP contribution in [0.4, 0.5) is 0 Å². The van der Waals surface area contributed by atoms with Gasteiger partial charge in [-0.2, -0.15) is 0 Å². The van der Waals surface area contributed by atoms with Gasteiger partial charge in [-0.05, 0) is 5.56 Å². The monoisotopic (exact) mass is 488 g/mol. The summed E-state index contributed by atoms with van der Waals surface area (Å²) in [5.74, 6) is 0.590. The van der Waals surface area contributed by atoms with E-state index in [0.29, 0.717) is 19.0 Å². The maximum atomic E-state index is 11.3. The van der Waals surface area contributed by atoms with Gasteiger partial charge in [0.2, 0.25) is 0 Å². The minimum Gasteiger partial charge on any atom is -0.469 e. The third kappa shape index (κ3) is 5.79. The molecule has 0 aliphatic carbocycles. The van der Waals surface area contributed by atoms with E-state index in [0.717, 1.165) is 38.7 Å². The molecule has 1 N–H and O–H groups in total. The lowest BCUT2D eigenvalue weighted by molar-refractivity contribution is -0.140. The molecule has 2 atom stereocenters. The summed E-state index contributed by atoms with van der Waals surface area (Å²) in [4.78, 5) is 20.4. The molecule has 2 fully saturated rings. The van der Waals surface area contributed by atoms with Crippen LogP contribution in [0.25, 0.3) is 0 Å². The van der Waals surface area contributed by atoms with Crippen LogP contribution in [0.5, 0.6) is 0 Å². The number of likely N-dealkylation sites (tertiary alicyclic amines) is 1. The first kappa shape index (κ1) is 21.9. The molecule has 1 aromatic carbocycles. The highest BCUT2D eigenvalue weighted by Crippen LogP contribution is 2.24. The first-order valence-corrected chi connectivity index (χ1v) is 9.13. The van der Waals surface area contributed by atoms with Gasteiger partial charge in [0.1, 0.15) is 0 Å². The Labute approximate surface area is 178 Å². The first-order chi connectivity index (χ1) is 12.7. The molecule has 2 aliphatic rings. The minimum absolute atomic E-state index is 0. The molecule has 2 saturated heterocycles. The van der Waals surface area contributed by atoms with Crippen molar-refractivity contribution in [2.24, 2.45) is 4.99 Å². The van der Waals surface area contributed by atoms with Crippen LogP contribution in [0.2, 0.25) is 0 Å². The Morgan fingerprint density at radius 3 is 2.81 bits per heavy atom. The summed E-state index contributed by atoms with van der Waals surface area (Å²) in [6.07, 6.45) is 0.513. The van der Waals surface area contributed by atoms with Crippen LogP contribution in [-0.4, -0.2) is 80.8 Å². The molecule has 3 rings (SSSR count). The number of morpholine rings is 1. The number of hydrogen-bond acceptors (Lipinski definition) is 5. The smallest absolute Gasteiger partial charge is 0.307 e. The molecular formula is C19H29IN4O3. The van der Waals surface area contributed by atoms with Gasteiger partial charge in [-0.1, -0.05) is 30.3 Å². The second-order valence-corrected chi connectivity index (χ2v) is 6.64. The number of halogens is 1. The van der Waals surface area contributed by atoms with E-state index in [4.69, 9.17) is 4.74 Å². The molecule has 0 radical (unpaired) electrons. The standard InChI is InChI=1S/C19H28N4O3.HI/c1-20-19(21-9-8-18(24)25-2)23-13-16-17(14-23)26-11-10-22(16)12-15-6-4-3-5-7-15;/h3-7,16-17H,8-14H2,1-2H3,(H,20,21);1H. The summed E-state index contributed by atoms with van der Waals surface area (Å²) >= 11 is 0. The van der Waals surface area contributed by atoms with E-state index in [2.05, 4.69) is 49.1 Å². The van der Waals surface area contributed by atoms with Crippen LogP contribution in [0.3, 0.4) is 0 Å². The van der Waals surface area contributed by atoms with Crippen molar-refractivity contribution in [3.63, 3.8) is 0 Å². The molecule has 2 unspecified atom stereocenters. The summed E-state index contributed by atoms with van der Waals surface area (Å²) in [7, 11) is 3.17. The Kier molecular flexibility index (Phi) is 8.78. The third-order valence-electron chi connectivity index (χ3n) is 5.00. The fourth-order valence-corrected chi connectivity index (χ4v) is 3.66. The van der Waals surface area contributed by atoms with Crippen LogP contribution >= 0.6 is 24.0 Å². The first-order valence-electron chi connectivity index (χ1n) is 9.13. The Morgan fingerprint density at radius 1 is 1.33 bits per heavy atom. The van der Waals surface area contributed by atoms with Gasteiger partial charge in [-0.15, -0.1) is 24.0 Å². The Hall–Kier alpha value is -1.39. The predicted octanol–water partition coefficient (Wildman–Crippen LogP) is 1.33.